The molecule has 4 nitrogen and oxygen atoms in total. The molecule has 0 aliphatic carbocycles. The molecule has 0 spiro atoms. The summed E-state index contributed by atoms with van der Waals surface area (Å²) in [6.07, 6.45) is -1.25. The molecule has 1 rings (SSSR count). The predicted octanol–water partition coefficient (Wildman–Crippen LogP) is 1.81. The number of benzene rings is 1. The molecule has 0 radical (unpaired) electrons. The Balaban J connectivity index is 2.96. The molecule has 0 fully saturated rings. The van der Waals surface area contributed by atoms with Crippen molar-refractivity contribution in [3.05, 3.63) is 29.3 Å². The van der Waals surface area contributed by atoms with Gasteiger partial charge in [-0.2, -0.15) is 0 Å². The van der Waals surface area contributed by atoms with Crippen LogP contribution in [0.4, 0.5) is 0 Å². The third kappa shape index (κ3) is 3.46. The number of carboxylic acids is 1. The minimum Gasteiger partial charge on any atom is -0.496 e. The van der Waals surface area contributed by atoms with E-state index in [0.717, 1.165) is 16.9 Å². The molecule has 0 saturated heterocycles. The minimum absolute atomic E-state index is 0.110. The number of aliphatic hydroxyl groups is 1. The van der Waals surface area contributed by atoms with Crippen LogP contribution in [0.1, 0.15) is 30.9 Å². The van der Waals surface area contributed by atoms with Crippen LogP contribution in [0.3, 0.4) is 0 Å². The van der Waals surface area contributed by atoms with Crippen LogP contribution in [0.25, 0.3) is 0 Å². The molecule has 1 unspecified atom stereocenters. The third-order valence-corrected chi connectivity index (χ3v) is 2.63. The highest BCUT2D eigenvalue weighted by Gasteiger charge is 2.15. The number of aliphatic hydroxyl groups excluding tert-OH is 1. The van der Waals surface area contributed by atoms with E-state index < -0.39 is 12.1 Å². The quantitative estimate of drug-likeness (QED) is 0.821. The Morgan fingerprint density at radius 1 is 1.41 bits per heavy atom. The fraction of sp³-hybridized carbons (Fsp3) is 0.462. The SMILES string of the molecule is COc1ccc(CC(O)C(=O)O)cc1C(C)C. The van der Waals surface area contributed by atoms with E-state index in [1.54, 1.807) is 19.2 Å². The van der Waals surface area contributed by atoms with Crippen LogP contribution in [0, 0.1) is 0 Å². The van der Waals surface area contributed by atoms with Gasteiger partial charge in [0, 0.05) is 6.42 Å². The Bertz CT molecular complexity index is 398. The molecule has 4 heteroatoms. The summed E-state index contributed by atoms with van der Waals surface area (Å²) in [5.74, 6) is -0.132. The van der Waals surface area contributed by atoms with Gasteiger partial charge in [0.2, 0.25) is 0 Å². The second-order valence-corrected chi connectivity index (χ2v) is 4.29. The first-order valence-corrected chi connectivity index (χ1v) is 5.53. The maximum Gasteiger partial charge on any atom is 0.332 e. The highest BCUT2D eigenvalue weighted by atomic mass is 16.5. The lowest BCUT2D eigenvalue weighted by Crippen LogP contribution is -2.22. The van der Waals surface area contributed by atoms with Gasteiger partial charge >= 0.3 is 5.97 Å². The van der Waals surface area contributed by atoms with Crippen molar-refractivity contribution in [3.8, 4) is 5.75 Å². The van der Waals surface area contributed by atoms with E-state index in [1.807, 2.05) is 19.9 Å². The molecular formula is C13H18O4. The average molecular weight is 238 g/mol. The Hall–Kier alpha value is -1.55. The van der Waals surface area contributed by atoms with Gasteiger partial charge in [0.1, 0.15) is 5.75 Å². The zero-order valence-corrected chi connectivity index (χ0v) is 10.3. The maximum atomic E-state index is 10.6. The summed E-state index contributed by atoms with van der Waals surface area (Å²) in [7, 11) is 1.60. The largest absolute Gasteiger partial charge is 0.496 e. The maximum absolute atomic E-state index is 10.6. The van der Waals surface area contributed by atoms with Crippen molar-refractivity contribution in [2.24, 2.45) is 0 Å². The molecule has 1 aromatic carbocycles. The number of aliphatic carboxylic acids is 1. The standard InChI is InChI=1S/C13H18O4/c1-8(2)10-6-9(4-5-12(10)17-3)7-11(14)13(15)16/h4-6,8,11,14H,7H2,1-3H3,(H,15,16). The summed E-state index contributed by atoms with van der Waals surface area (Å²) in [6, 6.07) is 5.46. The summed E-state index contributed by atoms with van der Waals surface area (Å²) in [4.78, 5) is 10.6. The number of rotatable bonds is 5. The van der Waals surface area contributed by atoms with Gasteiger partial charge in [0.05, 0.1) is 7.11 Å². The van der Waals surface area contributed by atoms with Gasteiger partial charge < -0.3 is 14.9 Å². The second-order valence-electron chi connectivity index (χ2n) is 4.29. The summed E-state index contributed by atoms with van der Waals surface area (Å²) in [6.45, 7) is 4.07. The van der Waals surface area contributed by atoms with E-state index in [1.165, 1.54) is 0 Å². The Morgan fingerprint density at radius 2 is 2.06 bits per heavy atom. The smallest absolute Gasteiger partial charge is 0.332 e. The van der Waals surface area contributed by atoms with E-state index in [2.05, 4.69) is 0 Å². The van der Waals surface area contributed by atoms with Gasteiger partial charge in [-0.05, 0) is 23.1 Å². The molecule has 1 atom stereocenters. The number of carbonyl (C=O) groups is 1. The number of methoxy groups -OCH3 is 1. The monoisotopic (exact) mass is 238 g/mol. The van der Waals surface area contributed by atoms with Crippen molar-refractivity contribution in [3.63, 3.8) is 0 Å². The molecule has 0 aliphatic heterocycles. The van der Waals surface area contributed by atoms with Crippen molar-refractivity contribution >= 4 is 5.97 Å². The molecule has 0 saturated carbocycles. The molecule has 2 N–H and O–H groups in total. The minimum atomic E-state index is -1.36. The van der Waals surface area contributed by atoms with Crippen LogP contribution in [-0.2, 0) is 11.2 Å². The van der Waals surface area contributed by atoms with Crippen molar-refractivity contribution < 1.29 is 19.7 Å². The van der Waals surface area contributed by atoms with Gasteiger partial charge in [0.25, 0.3) is 0 Å². The Morgan fingerprint density at radius 3 is 2.53 bits per heavy atom. The first-order chi connectivity index (χ1) is 7.95. The zero-order chi connectivity index (χ0) is 13.0. The first kappa shape index (κ1) is 13.5. The lowest BCUT2D eigenvalue weighted by atomic mass is 9.97. The Labute approximate surface area is 101 Å². The van der Waals surface area contributed by atoms with Gasteiger partial charge in [-0.1, -0.05) is 26.0 Å². The van der Waals surface area contributed by atoms with Crippen LogP contribution >= 0.6 is 0 Å². The number of hydrogen-bond acceptors (Lipinski definition) is 3. The molecule has 0 heterocycles. The average Bonchev–Trinajstić information content (AvgIpc) is 2.28. The van der Waals surface area contributed by atoms with Crippen LogP contribution in [0.5, 0.6) is 5.75 Å². The van der Waals surface area contributed by atoms with Crippen LogP contribution in [0.2, 0.25) is 0 Å². The van der Waals surface area contributed by atoms with Crippen molar-refractivity contribution in [2.45, 2.75) is 32.3 Å². The van der Waals surface area contributed by atoms with Gasteiger partial charge in [0.15, 0.2) is 6.10 Å². The second kappa shape index (κ2) is 5.68. The summed E-state index contributed by atoms with van der Waals surface area (Å²) in [5.41, 5.74) is 1.81. The molecule has 0 aromatic heterocycles. The van der Waals surface area contributed by atoms with Crippen molar-refractivity contribution in [2.75, 3.05) is 7.11 Å². The van der Waals surface area contributed by atoms with E-state index in [4.69, 9.17) is 9.84 Å². The van der Waals surface area contributed by atoms with Crippen LogP contribution < -0.4 is 4.74 Å². The van der Waals surface area contributed by atoms with E-state index >= 15 is 0 Å². The number of hydrogen-bond donors (Lipinski definition) is 2. The van der Waals surface area contributed by atoms with Crippen LogP contribution in [0.15, 0.2) is 18.2 Å². The van der Waals surface area contributed by atoms with E-state index in [0.29, 0.717) is 0 Å². The molecule has 1 aromatic rings. The number of carboxylic acid groups (broad SMARTS) is 1. The Kier molecular flexibility index (Phi) is 4.52. The lowest BCUT2D eigenvalue weighted by molar-refractivity contribution is -0.146. The summed E-state index contributed by atoms with van der Waals surface area (Å²) in [5, 5.41) is 18.0. The van der Waals surface area contributed by atoms with Crippen LogP contribution in [-0.4, -0.2) is 29.4 Å². The summed E-state index contributed by atoms with van der Waals surface area (Å²) >= 11 is 0. The zero-order valence-electron chi connectivity index (χ0n) is 10.3. The van der Waals surface area contributed by atoms with Crippen molar-refractivity contribution in [1.82, 2.24) is 0 Å². The van der Waals surface area contributed by atoms with Gasteiger partial charge in [-0.15, -0.1) is 0 Å². The van der Waals surface area contributed by atoms with E-state index in [-0.39, 0.29) is 12.3 Å². The fourth-order valence-corrected chi connectivity index (χ4v) is 1.67. The lowest BCUT2D eigenvalue weighted by Gasteiger charge is -2.14. The predicted molar refractivity (Wildman–Crippen MR) is 64.4 cm³/mol. The normalized spacial score (nSPS) is 12.5. The molecule has 94 valence electrons. The van der Waals surface area contributed by atoms with E-state index in [9.17, 15) is 9.90 Å². The molecule has 0 amide bonds. The molecular weight excluding hydrogens is 220 g/mol. The van der Waals surface area contributed by atoms with Gasteiger partial charge in [-0.3, -0.25) is 0 Å². The molecule has 0 aliphatic rings. The highest BCUT2D eigenvalue weighted by Crippen LogP contribution is 2.27. The number of ether oxygens (including phenoxy) is 1. The molecule has 0 bridgehead atoms. The van der Waals surface area contributed by atoms with Crippen molar-refractivity contribution in [1.29, 1.82) is 0 Å². The first-order valence-electron chi connectivity index (χ1n) is 5.53. The highest BCUT2D eigenvalue weighted by molar-refractivity contribution is 5.72. The third-order valence-electron chi connectivity index (χ3n) is 2.63. The summed E-state index contributed by atoms with van der Waals surface area (Å²) < 4.78 is 5.24. The topological polar surface area (TPSA) is 66.8 Å². The molecule has 17 heavy (non-hydrogen) atoms. The van der Waals surface area contributed by atoms with Gasteiger partial charge in [-0.25, -0.2) is 4.79 Å². The fourth-order valence-electron chi connectivity index (χ4n) is 1.67.